The largest absolute Gasteiger partial charge is 0.494 e. The van der Waals surface area contributed by atoms with Gasteiger partial charge in [0.25, 0.3) is 0 Å². The van der Waals surface area contributed by atoms with Crippen LogP contribution in [0.15, 0.2) is 67.3 Å². The van der Waals surface area contributed by atoms with Gasteiger partial charge in [-0.2, -0.15) is 0 Å². The summed E-state index contributed by atoms with van der Waals surface area (Å²) in [5.74, 6) is -0.534. The second-order valence-electron chi connectivity index (χ2n) is 6.92. The standard InChI is InChI=1S/C25H26O8/c1-4-23(27)31-14-6-5-13-30-21-11-12-22(17(2)15-21)33-25(29)19-7-9-20(10-8-19)32-24(28)18(3)16-26/h4,7-12,15,26H,1,3,5-6,13-14,16H2,2H3. The smallest absolute Gasteiger partial charge is 0.343 e. The number of aliphatic hydroxyl groups is 1. The first-order chi connectivity index (χ1) is 15.8. The molecule has 0 saturated carbocycles. The average Bonchev–Trinajstić information content (AvgIpc) is 2.82. The van der Waals surface area contributed by atoms with E-state index in [1.807, 2.05) is 0 Å². The van der Waals surface area contributed by atoms with Gasteiger partial charge in [-0.3, -0.25) is 0 Å². The molecule has 2 rings (SSSR count). The fraction of sp³-hybridized carbons (Fsp3) is 0.240. The molecule has 2 aromatic rings. The number of unbranched alkanes of at least 4 members (excludes halogenated alkanes) is 1. The first kappa shape index (κ1) is 25.4. The number of aryl methyl sites for hydroxylation is 1. The van der Waals surface area contributed by atoms with Crippen molar-refractivity contribution in [2.24, 2.45) is 0 Å². The van der Waals surface area contributed by atoms with Crippen LogP contribution in [0.2, 0.25) is 0 Å². The summed E-state index contributed by atoms with van der Waals surface area (Å²) in [5.41, 5.74) is 0.914. The number of ether oxygens (including phenoxy) is 4. The number of carbonyl (C=O) groups is 3. The van der Waals surface area contributed by atoms with Crippen molar-refractivity contribution in [2.75, 3.05) is 19.8 Å². The highest BCUT2D eigenvalue weighted by atomic mass is 16.5. The highest BCUT2D eigenvalue weighted by Crippen LogP contribution is 2.25. The van der Waals surface area contributed by atoms with Gasteiger partial charge in [-0.05, 0) is 67.8 Å². The lowest BCUT2D eigenvalue weighted by Gasteiger charge is -2.11. The molecular weight excluding hydrogens is 428 g/mol. The molecule has 0 aliphatic rings. The monoisotopic (exact) mass is 454 g/mol. The van der Waals surface area contributed by atoms with Gasteiger partial charge < -0.3 is 24.1 Å². The molecule has 0 aliphatic carbocycles. The number of hydrogen-bond donors (Lipinski definition) is 1. The molecule has 0 aromatic heterocycles. The Balaban J connectivity index is 1.84. The quantitative estimate of drug-likeness (QED) is 0.224. The van der Waals surface area contributed by atoms with Crippen LogP contribution < -0.4 is 14.2 Å². The number of hydrogen-bond acceptors (Lipinski definition) is 8. The number of carbonyl (C=O) groups excluding carboxylic acids is 3. The van der Waals surface area contributed by atoms with Crippen molar-refractivity contribution in [3.63, 3.8) is 0 Å². The van der Waals surface area contributed by atoms with Gasteiger partial charge in [0.1, 0.15) is 17.2 Å². The van der Waals surface area contributed by atoms with Crippen LogP contribution in [-0.2, 0) is 14.3 Å². The molecule has 0 amide bonds. The topological polar surface area (TPSA) is 108 Å². The Morgan fingerprint density at radius 1 is 0.970 bits per heavy atom. The zero-order chi connectivity index (χ0) is 24.2. The third kappa shape index (κ3) is 8.27. The van der Waals surface area contributed by atoms with E-state index in [1.165, 1.54) is 24.3 Å². The molecule has 0 bridgehead atoms. The Hall–Kier alpha value is -3.91. The number of aliphatic hydroxyl groups excluding tert-OH is 1. The minimum atomic E-state index is -0.748. The Morgan fingerprint density at radius 2 is 1.64 bits per heavy atom. The summed E-state index contributed by atoms with van der Waals surface area (Å²) in [6, 6.07) is 10.9. The van der Waals surface area contributed by atoms with Gasteiger partial charge in [-0.25, -0.2) is 14.4 Å². The highest BCUT2D eigenvalue weighted by Gasteiger charge is 2.13. The third-order valence-corrected chi connectivity index (χ3v) is 4.35. The Morgan fingerprint density at radius 3 is 2.27 bits per heavy atom. The summed E-state index contributed by atoms with van der Waals surface area (Å²) in [4.78, 5) is 35.0. The zero-order valence-corrected chi connectivity index (χ0v) is 18.4. The molecule has 2 aromatic carbocycles. The van der Waals surface area contributed by atoms with Crippen molar-refractivity contribution in [3.8, 4) is 17.2 Å². The van der Waals surface area contributed by atoms with Crippen LogP contribution in [0.3, 0.4) is 0 Å². The van der Waals surface area contributed by atoms with Gasteiger partial charge in [0.2, 0.25) is 0 Å². The van der Waals surface area contributed by atoms with Gasteiger partial charge in [-0.15, -0.1) is 0 Å². The minimum absolute atomic E-state index is 0.0737. The normalized spacial score (nSPS) is 10.1. The summed E-state index contributed by atoms with van der Waals surface area (Å²) in [6.45, 7) is 8.77. The predicted octanol–water partition coefficient (Wildman–Crippen LogP) is 3.56. The minimum Gasteiger partial charge on any atom is -0.494 e. The van der Waals surface area contributed by atoms with Crippen molar-refractivity contribution in [1.82, 2.24) is 0 Å². The Bertz CT molecular complexity index is 1010. The molecule has 0 heterocycles. The summed E-state index contributed by atoms with van der Waals surface area (Å²) < 4.78 is 21.0. The van der Waals surface area contributed by atoms with E-state index in [1.54, 1.807) is 25.1 Å². The first-order valence-corrected chi connectivity index (χ1v) is 10.2. The van der Waals surface area contributed by atoms with Crippen molar-refractivity contribution < 1.29 is 38.4 Å². The van der Waals surface area contributed by atoms with Gasteiger partial charge in [0, 0.05) is 6.08 Å². The van der Waals surface area contributed by atoms with E-state index in [2.05, 4.69) is 13.2 Å². The van der Waals surface area contributed by atoms with Crippen molar-refractivity contribution in [3.05, 3.63) is 78.4 Å². The number of rotatable bonds is 12. The molecular formula is C25H26O8. The van der Waals surface area contributed by atoms with Gasteiger partial charge in [-0.1, -0.05) is 13.2 Å². The van der Waals surface area contributed by atoms with Crippen molar-refractivity contribution in [2.45, 2.75) is 19.8 Å². The van der Waals surface area contributed by atoms with E-state index in [4.69, 9.17) is 24.1 Å². The molecule has 8 nitrogen and oxygen atoms in total. The number of esters is 3. The van der Waals surface area contributed by atoms with Crippen LogP contribution in [0.4, 0.5) is 0 Å². The second-order valence-corrected chi connectivity index (χ2v) is 6.92. The molecule has 8 heteroatoms. The lowest BCUT2D eigenvalue weighted by molar-refractivity contribution is -0.138. The lowest BCUT2D eigenvalue weighted by atomic mass is 10.2. The number of benzene rings is 2. The molecule has 0 atom stereocenters. The van der Waals surface area contributed by atoms with Crippen molar-refractivity contribution >= 4 is 17.9 Å². The van der Waals surface area contributed by atoms with Crippen LogP contribution in [0.1, 0.15) is 28.8 Å². The van der Waals surface area contributed by atoms with Crippen LogP contribution in [0.5, 0.6) is 17.2 Å². The second kappa shape index (κ2) is 12.8. The van der Waals surface area contributed by atoms with Crippen LogP contribution in [0.25, 0.3) is 0 Å². The molecule has 174 valence electrons. The average molecular weight is 454 g/mol. The van der Waals surface area contributed by atoms with E-state index >= 15 is 0 Å². The van der Waals surface area contributed by atoms with Crippen LogP contribution in [0, 0.1) is 6.92 Å². The van der Waals surface area contributed by atoms with Gasteiger partial charge in [0.15, 0.2) is 0 Å². The lowest BCUT2D eigenvalue weighted by Crippen LogP contribution is -2.13. The SMILES string of the molecule is C=CC(=O)OCCCCOc1ccc(OC(=O)c2ccc(OC(=O)C(=C)CO)cc2)c(C)c1. The summed E-state index contributed by atoms with van der Waals surface area (Å²) >= 11 is 0. The molecule has 0 fully saturated rings. The molecule has 0 unspecified atom stereocenters. The summed E-state index contributed by atoms with van der Waals surface area (Å²) in [7, 11) is 0. The molecule has 0 saturated heterocycles. The van der Waals surface area contributed by atoms with E-state index in [0.717, 1.165) is 6.08 Å². The van der Waals surface area contributed by atoms with Gasteiger partial charge >= 0.3 is 17.9 Å². The molecule has 0 radical (unpaired) electrons. The fourth-order valence-corrected chi connectivity index (χ4v) is 2.51. The summed E-state index contributed by atoms with van der Waals surface area (Å²) in [5, 5.41) is 8.89. The summed E-state index contributed by atoms with van der Waals surface area (Å²) in [6.07, 6.45) is 2.50. The molecule has 0 spiro atoms. The van der Waals surface area contributed by atoms with Crippen molar-refractivity contribution in [1.29, 1.82) is 0 Å². The zero-order valence-electron chi connectivity index (χ0n) is 18.4. The van der Waals surface area contributed by atoms with Crippen LogP contribution >= 0.6 is 0 Å². The predicted molar refractivity (Wildman–Crippen MR) is 120 cm³/mol. The highest BCUT2D eigenvalue weighted by molar-refractivity contribution is 5.92. The maximum atomic E-state index is 12.4. The van der Waals surface area contributed by atoms with E-state index in [0.29, 0.717) is 43.1 Å². The first-order valence-electron chi connectivity index (χ1n) is 10.2. The van der Waals surface area contributed by atoms with E-state index in [-0.39, 0.29) is 16.9 Å². The Labute approximate surface area is 192 Å². The van der Waals surface area contributed by atoms with E-state index in [9.17, 15) is 14.4 Å². The van der Waals surface area contributed by atoms with E-state index < -0.39 is 24.5 Å². The molecule has 33 heavy (non-hydrogen) atoms. The molecule has 1 N–H and O–H groups in total. The van der Waals surface area contributed by atoms with Crippen LogP contribution in [-0.4, -0.2) is 42.8 Å². The maximum absolute atomic E-state index is 12.4. The Kier molecular flexibility index (Phi) is 9.85. The fourth-order valence-electron chi connectivity index (χ4n) is 2.51. The van der Waals surface area contributed by atoms with Gasteiger partial charge in [0.05, 0.1) is 31.0 Å². The third-order valence-electron chi connectivity index (χ3n) is 4.35. The molecule has 0 aliphatic heterocycles. The maximum Gasteiger partial charge on any atom is 0.343 e.